The second-order valence-corrected chi connectivity index (χ2v) is 10.3. The molecule has 2 aliphatic heterocycles. The SMILES string of the molecule is CS(=O)(=O)c1ccc(CC(=O)N2CCC3(CC2)OCCc2sccc23)cc1. The topological polar surface area (TPSA) is 63.7 Å². The Labute approximate surface area is 163 Å². The van der Waals surface area contributed by atoms with E-state index in [1.165, 1.54) is 16.7 Å². The molecule has 3 heterocycles. The van der Waals surface area contributed by atoms with E-state index in [-0.39, 0.29) is 16.4 Å². The second-order valence-electron chi connectivity index (χ2n) is 7.32. The van der Waals surface area contributed by atoms with Crippen molar-refractivity contribution in [2.75, 3.05) is 26.0 Å². The van der Waals surface area contributed by atoms with Gasteiger partial charge in [0.1, 0.15) is 0 Å². The fourth-order valence-electron chi connectivity index (χ4n) is 4.03. The van der Waals surface area contributed by atoms with Gasteiger partial charge in [0.05, 0.1) is 23.5 Å². The molecule has 7 heteroatoms. The van der Waals surface area contributed by atoms with Gasteiger partial charge in [-0.2, -0.15) is 0 Å². The zero-order valence-electron chi connectivity index (χ0n) is 15.3. The molecule has 144 valence electrons. The minimum atomic E-state index is -3.21. The Morgan fingerprint density at radius 1 is 1.19 bits per heavy atom. The van der Waals surface area contributed by atoms with Crippen LogP contribution in [0.5, 0.6) is 0 Å². The first-order valence-electron chi connectivity index (χ1n) is 9.15. The molecule has 0 aliphatic carbocycles. The highest BCUT2D eigenvalue weighted by Crippen LogP contribution is 2.43. The molecular formula is C20H23NO4S2. The Hall–Kier alpha value is -1.70. The molecule has 5 nitrogen and oxygen atoms in total. The van der Waals surface area contributed by atoms with Crippen LogP contribution in [0.2, 0.25) is 0 Å². The highest BCUT2D eigenvalue weighted by Gasteiger charge is 2.42. The van der Waals surface area contributed by atoms with Crippen LogP contribution in [-0.4, -0.2) is 45.2 Å². The van der Waals surface area contributed by atoms with Gasteiger partial charge in [-0.25, -0.2) is 8.42 Å². The summed E-state index contributed by atoms with van der Waals surface area (Å²) >= 11 is 1.80. The molecular weight excluding hydrogens is 382 g/mol. The van der Waals surface area contributed by atoms with Crippen LogP contribution in [0.25, 0.3) is 0 Å². The number of likely N-dealkylation sites (tertiary alicyclic amines) is 1. The van der Waals surface area contributed by atoms with Crippen LogP contribution in [0.4, 0.5) is 0 Å². The van der Waals surface area contributed by atoms with Gasteiger partial charge in [0.15, 0.2) is 9.84 Å². The summed E-state index contributed by atoms with van der Waals surface area (Å²) in [5.74, 6) is 0.0818. The summed E-state index contributed by atoms with van der Waals surface area (Å²) in [7, 11) is -3.21. The van der Waals surface area contributed by atoms with Crippen LogP contribution in [0.15, 0.2) is 40.6 Å². The molecule has 0 unspecified atom stereocenters. The van der Waals surface area contributed by atoms with Crippen molar-refractivity contribution in [1.82, 2.24) is 4.90 Å². The number of sulfone groups is 1. The summed E-state index contributed by atoms with van der Waals surface area (Å²) in [4.78, 5) is 16.3. The normalized spacial score (nSPS) is 19.1. The van der Waals surface area contributed by atoms with Gasteiger partial charge in [-0.1, -0.05) is 12.1 Å². The number of nitrogens with zero attached hydrogens (tertiary/aromatic N) is 1. The number of fused-ring (bicyclic) bond motifs is 2. The van der Waals surface area contributed by atoms with Crippen molar-refractivity contribution in [2.45, 2.75) is 36.2 Å². The first kappa shape index (κ1) is 18.7. The maximum atomic E-state index is 12.7. The molecule has 0 bridgehead atoms. The molecule has 1 saturated heterocycles. The number of benzene rings is 1. The zero-order valence-corrected chi connectivity index (χ0v) is 16.9. The van der Waals surface area contributed by atoms with Crippen molar-refractivity contribution < 1.29 is 17.9 Å². The van der Waals surface area contributed by atoms with E-state index in [2.05, 4.69) is 11.4 Å². The maximum absolute atomic E-state index is 12.7. The fraction of sp³-hybridized carbons (Fsp3) is 0.450. The lowest BCUT2D eigenvalue weighted by atomic mass is 9.82. The van der Waals surface area contributed by atoms with E-state index < -0.39 is 9.84 Å². The monoisotopic (exact) mass is 405 g/mol. The highest BCUT2D eigenvalue weighted by molar-refractivity contribution is 7.90. The lowest BCUT2D eigenvalue weighted by molar-refractivity contribution is -0.139. The van der Waals surface area contributed by atoms with Crippen LogP contribution in [0.1, 0.15) is 28.8 Å². The van der Waals surface area contributed by atoms with Crippen LogP contribution < -0.4 is 0 Å². The average Bonchev–Trinajstić information content (AvgIpc) is 3.12. The lowest BCUT2D eigenvalue weighted by Crippen LogP contribution is -2.48. The number of carbonyl (C=O) groups is 1. The minimum Gasteiger partial charge on any atom is -0.370 e. The van der Waals surface area contributed by atoms with Crippen molar-refractivity contribution in [3.8, 4) is 0 Å². The summed E-state index contributed by atoms with van der Waals surface area (Å²) < 4.78 is 29.3. The van der Waals surface area contributed by atoms with Gasteiger partial charge < -0.3 is 9.64 Å². The molecule has 2 aliphatic rings. The fourth-order valence-corrected chi connectivity index (χ4v) is 5.61. The predicted octanol–water partition coefficient (Wildman–Crippen LogP) is 2.78. The molecule has 0 saturated carbocycles. The second kappa shape index (κ2) is 7.04. The van der Waals surface area contributed by atoms with E-state index in [1.807, 2.05) is 4.90 Å². The Balaban J connectivity index is 1.40. The number of rotatable bonds is 3. The first-order valence-corrected chi connectivity index (χ1v) is 11.9. The smallest absolute Gasteiger partial charge is 0.226 e. The zero-order chi connectivity index (χ0) is 19.1. The third-order valence-corrected chi connectivity index (χ3v) is 7.68. The Bertz CT molecular complexity index is 939. The van der Waals surface area contributed by atoms with Gasteiger partial charge in [0.25, 0.3) is 0 Å². The van der Waals surface area contributed by atoms with Gasteiger partial charge in [0.2, 0.25) is 5.91 Å². The molecule has 1 spiro atoms. The standard InChI is InChI=1S/C20H23NO4S2/c1-27(23,24)16-4-2-15(3-5-16)14-19(22)21-10-8-20(9-11-21)17-7-13-26-18(17)6-12-25-20/h2-5,7,13H,6,8-12,14H2,1H3. The van der Waals surface area contributed by atoms with Gasteiger partial charge in [0, 0.05) is 30.6 Å². The van der Waals surface area contributed by atoms with E-state index in [1.54, 1.807) is 35.6 Å². The van der Waals surface area contributed by atoms with Crippen molar-refractivity contribution in [2.24, 2.45) is 0 Å². The van der Waals surface area contributed by atoms with E-state index in [4.69, 9.17) is 4.74 Å². The van der Waals surface area contributed by atoms with E-state index >= 15 is 0 Å². The summed E-state index contributed by atoms with van der Waals surface area (Å²) in [5.41, 5.74) is 1.94. The molecule has 0 radical (unpaired) electrons. The van der Waals surface area contributed by atoms with E-state index in [9.17, 15) is 13.2 Å². The lowest BCUT2D eigenvalue weighted by Gasteiger charge is -2.44. The van der Waals surface area contributed by atoms with E-state index in [0.717, 1.165) is 31.4 Å². The molecule has 0 N–H and O–H groups in total. The van der Waals surface area contributed by atoms with Gasteiger partial charge >= 0.3 is 0 Å². The predicted molar refractivity (Wildman–Crippen MR) is 105 cm³/mol. The van der Waals surface area contributed by atoms with Gasteiger partial charge in [-0.3, -0.25) is 4.79 Å². The largest absolute Gasteiger partial charge is 0.370 e. The number of thiophene rings is 1. The molecule has 1 amide bonds. The number of ether oxygens (including phenoxy) is 1. The summed E-state index contributed by atoms with van der Waals surface area (Å²) in [6, 6.07) is 8.76. The van der Waals surface area contributed by atoms with Gasteiger partial charge in [-0.05, 0) is 47.5 Å². The van der Waals surface area contributed by atoms with E-state index in [0.29, 0.717) is 19.5 Å². The average molecular weight is 406 g/mol. The summed E-state index contributed by atoms with van der Waals surface area (Å²) in [6.07, 6.45) is 4.12. The number of carbonyl (C=O) groups excluding carboxylic acids is 1. The Morgan fingerprint density at radius 2 is 1.89 bits per heavy atom. The molecule has 2 aromatic rings. The molecule has 1 fully saturated rings. The van der Waals surface area contributed by atoms with Crippen LogP contribution in [-0.2, 0) is 37.8 Å². The van der Waals surface area contributed by atoms with Crippen LogP contribution in [0.3, 0.4) is 0 Å². The van der Waals surface area contributed by atoms with Crippen LogP contribution in [0, 0.1) is 0 Å². The van der Waals surface area contributed by atoms with Crippen molar-refractivity contribution in [3.05, 3.63) is 51.7 Å². The van der Waals surface area contributed by atoms with Gasteiger partial charge in [-0.15, -0.1) is 11.3 Å². The Kier molecular flexibility index (Phi) is 4.86. The summed E-state index contributed by atoms with van der Waals surface area (Å²) in [5, 5.41) is 2.14. The summed E-state index contributed by atoms with van der Waals surface area (Å²) in [6.45, 7) is 2.14. The Morgan fingerprint density at radius 3 is 2.56 bits per heavy atom. The molecule has 4 rings (SSSR count). The highest BCUT2D eigenvalue weighted by atomic mass is 32.2. The molecule has 0 atom stereocenters. The minimum absolute atomic E-state index is 0.0818. The third-order valence-electron chi connectivity index (χ3n) is 5.57. The van der Waals surface area contributed by atoms with Crippen molar-refractivity contribution in [3.63, 3.8) is 0 Å². The molecule has 27 heavy (non-hydrogen) atoms. The number of amides is 1. The maximum Gasteiger partial charge on any atom is 0.226 e. The number of hydrogen-bond acceptors (Lipinski definition) is 5. The molecule has 1 aromatic heterocycles. The molecule has 1 aromatic carbocycles. The number of piperidine rings is 1. The quantitative estimate of drug-likeness (QED) is 0.788. The third kappa shape index (κ3) is 3.68. The van der Waals surface area contributed by atoms with Crippen molar-refractivity contribution >= 4 is 27.1 Å². The first-order chi connectivity index (χ1) is 12.9. The van der Waals surface area contributed by atoms with Crippen molar-refractivity contribution in [1.29, 1.82) is 0 Å². The van der Waals surface area contributed by atoms with Crippen LogP contribution >= 0.6 is 11.3 Å². The number of hydrogen-bond donors (Lipinski definition) is 0.